The second-order valence-electron chi connectivity index (χ2n) is 5.58. The van der Waals surface area contributed by atoms with Crippen molar-refractivity contribution in [3.05, 3.63) is 47.5 Å². The van der Waals surface area contributed by atoms with Gasteiger partial charge in [-0.05, 0) is 24.1 Å². The highest BCUT2D eigenvalue weighted by atomic mass is 16.5. The zero-order valence-electron chi connectivity index (χ0n) is 15.8. The largest absolute Gasteiger partial charge is 0.493 e. The Balaban J connectivity index is 2.13. The second kappa shape index (κ2) is 9.47. The number of esters is 1. The number of ether oxygens (including phenoxy) is 4. The third-order valence-electron chi connectivity index (χ3n) is 3.90. The van der Waals surface area contributed by atoms with E-state index in [-0.39, 0.29) is 17.9 Å². The molecule has 2 aromatic rings. The van der Waals surface area contributed by atoms with Gasteiger partial charge in [0.05, 0.1) is 32.6 Å². The molecule has 2 aromatic carbocycles. The summed E-state index contributed by atoms with van der Waals surface area (Å²) in [5, 5.41) is 2.64. The number of benzene rings is 2. The minimum absolute atomic E-state index is 0.149. The van der Waals surface area contributed by atoms with Crippen LogP contribution >= 0.6 is 0 Å². The molecule has 0 aliphatic rings. The summed E-state index contributed by atoms with van der Waals surface area (Å²) in [6.45, 7) is 1.85. The van der Waals surface area contributed by atoms with Crippen LogP contribution in [0.15, 0.2) is 36.4 Å². The molecule has 144 valence electrons. The van der Waals surface area contributed by atoms with Crippen LogP contribution in [0.2, 0.25) is 0 Å². The van der Waals surface area contributed by atoms with Crippen LogP contribution in [0.25, 0.3) is 0 Å². The standard InChI is InChI=1S/C20H23NO6/c1-5-13-6-8-14(9-7-13)27-12-19(22)21-16-11-18(25-3)17(24-2)10-15(16)20(23)26-4/h6-11H,5,12H2,1-4H3,(H,21,22). The molecule has 0 spiro atoms. The molecule has 0 bridgehead atoms. The highest BCUT2D eigenvalue weighted by molar-refractivity contribution is 6.02. The molecule has 0 aliphatic carbocycles. The van der Waals surface area contributed by atoms with Crippen molar-refractivity contribution in [2.75, 3.05) is 33.3 Å². The molecule has 0 radical (unpaired) electrons. The first-order valence-corrected chi connectivity index (χ1v) is 8.38. The van der Waals surface area contributed by atoms with Crippen molar-refractivity contribution in [1.29, 1.82) is 0 Å². The molecule has 0 saturated heterocycles. The number of carbonyl (C=O) groups excluding carboxylic acids is 2. The Hall–Kier alpha value is -3.22. The maximum atomic E-state index is 12.3. The van der Waals surface area contributed by atoms with E-state index in [1.54, 1.807) is 0 Å². The number of carbonyl (C=O) groups is 2. The van der Waals surface area contributed by atoms with Crippen molar-refractivity contribution in [1.82, 2.24) is 0 Å². The highest BCUT2D eigenvalue weighted by Gasteiger charge is 2.19. The van der Waals surface area contributed by atoms with Gasteiger partial charge >= 0.3 is 5.97 Å². The maximum Gasteiger partial charge on any atom is 0.340 e. The van der Waals surface area contributed by atoms with Crippen LogP contribution < -0.4 is 19.5 Å². The summed E-state index contributed by atoms with van der Waals surface area (Å²) in [4.78, 5) is 24.3. The van der Waals surface area contributed by atoms with Gasteiger partial charge < -0.3 is 24.3 Å². The van der Waals surface area contributed by atoms with Crippen LogP contribution in [-0.4, -0.2) is 39.8 Å². The number of anilines is 1. The number of nitrogens with one attached hydrogen (secondary N) is 1. The van der Waals surface area contributed by atoms with Gasteiger partial charge in [0, 0.05) is 12.1 Å². The van der Waals surface area contributed by atoms with E-state index in [1.807, 2.05) is 24.3 Å². The third kappa shape index (κ3) is 5.13. The lowest BCUT2D eigenvalue weighted by molar-refractivity contribution is -0.118. The smallest absolute Gasteiger partial charge is 0.340 e. The summed E-state index contributed by atoms with van der Waals surface area (Å²) in [7, 11) is 4.17. The van der Waals surface area contributed by atoms with Gasteiger partial charge in [-0.3, -0.25) is 4.79 Å². The predicted molar refractivity (Wildman–Crippen MR) is 101 cm³/mol. The van der Waals surface area contributed by atoms with Crippen molar-refractivity contribution < 1.29 is 28.5 Å². The Morgan fingerprint density at radius 1 is 0.963 bits per heavy atom. The zero-order valence-corrected chi connectivity index (χ0v) is 15.8. The molecule has 27 heavy (non-hydrogen) atoms. The molecule has 0 heterocycles. The Morgan fingerprint density at radius 3 is 2.15 bits per heavy atom. The summed E-state index contributed by atoms with van der Waals surface area (Å²) in [6.07, 6.45) is 0.927. The van der Waals surface area contributed by atoms with Gasteiger partial charge in [0.25, 0.3) is 5.91 Å². The first-order chi connectivity index (χ1) is 13.0. The van der Waals surface area contributed by atoms with E-state index in [0.29, 0.717) is 17.2 Å². The fraction of sp³-hybridized carbons (Fsp3) is 0.300. The molecule has 0 fully saturated rings. The number of aryl methyl sites for hydroxylation is 1. The minimum Gasteiger partial charge on any atom is -0.493 e. The Bertz CT molecular complexity index is 801. The number of hydrogen-bond acceptors (Lipinski definition) is 6. The van der Waals surface area contributed by atoms with Crippen LogP contribution in [0.4, 0.5) is 5.69 Å². The normalized spacial score (nSPS) is 10.1. The highest BCUT2D eigenvalue weighted by Crippen LogP contribution is 2.33. The first-order valence-electron chi connectivity index (χ1n) is 8.38. The van der Waals surface area contributed by atoms with Crippen LogP contribution in [0.1, 0.15) is 22.8 Å². The summed E-state index contributed by atoms with van der Waals surface area (Å²) in [5.74, 6) is 0.275. The second-order valence-corrected chi connectivity index (χ2v) is 5.58. The molecular weight excluding hydrogens is 350 g/mol. The minimum atomic E-state index is -0.609. The molecule has 0 aromatic heterocycles. The average molecular weight is 373 g/mol. The Labute approximate surface area is 158 Å². The first kappa shape index (κ1) is 20.1. The zero-order chi connectivity index (χ0) is 19.8. The monoisotopic (exact) mass is 373 g/mol. The molecule has 7 nitrogen and oxygen atoms in total. The van der Waals surface area contributed by atoms with E-state index < -0.39 is 11.9 Å². The van der Waals surface area contributed by atoms with Gasteiger partial charge in [0.2, 0.25) is 0 Å². The van der Waals surface area contributed by atoms with E-state index in [9.17, 15) is 9.59 Å². The van der Waals surface area contributed by atoms with E-state index in [1.165, 1.54) is 39.0 Å². The molecule has 2 rings (SSSR count). The van der Waals surface area contributed by atoms with Crippen LogP contribution in [-0.2, 0) is 16.0 Å². The third-order valence-corrected chi connectivity index (χ3v) is 3.90. The summed E-state index contributed by atoms with van der Waals surface area (Å²) in [5.41, 5.74) is 1.57. The van der Waals surface area contributed by atoms with Crippen LogP contribution in [0, 0.1) is 0 Å². The lowest BCUT2D eigenvalue weighted by atomic mass is 10.1. The van der Waals surface area contributed by atoms with Gasteiger partial charge in [-0.15, -0.1) is 0 Å². The number of rotatable bonds is 8. The van der Waals surface area contributed by atoms with Gasteiger partial charge in [-0.1, -0.05) is 19.1 Å². The maximum absolute atomic E-state index is 12.3. The van der Waals surface area contributed by atoms with Crippen molar-refractivity contribution in [3.8, 4) is 17.2 Å². The van der Waals surface area contributed by atoms with Gasteiger partial charge in [0.15, 0.2) is 18.1 Å². The van der Waals surface area contributed by atoms with Gasteiger partial charge in [0.1, 0.15) is 5.75 Å². The molecular formula is C20H23NO6. The average Bonchev–Trinajstić information content (AvgIpc) is 2.71. The van der Waals surface area contributed by atoms with E-state index in [2.05, 4.69) is 12.2 Å². The van der Waals surface area contributed by atoms with Crippen molar-refractivity contribution in [2.45, 2.75) is 13.3 Å². The van der Waals surface area contributed by atoms with Crippen molar-refractivity contribution >= 4 is 17.6 Å². The van der Waals surface area contributed by atoms with Gasteiger partial charge in [-0.2, -0.15) is 0 Å². The lowest BCUT2D eigenvalue weighted by Gasteiger charge is -2.15. The molecule has 1 N–H and O–H groups in total. The summed E-state index contributed by atoms with van der Waals surface area (Å²) in [6, 6.07) is 10.4. The van der Waals surface area contributed by atoms with E-state index in [4.69, 9.17) is 18.9 Å². The van der Waals surface area contributed by atoms with Crippen LogP contribution in [0.3, 0.4) is 0 Å². The fourth-order valence-corrected chi connectivity index (χ4v) is 2.42. The number of amides is 1. The van der Waals surface area contributed by atoms with Crippen molar-refractivity contribution in [3.63, 3.8) is 0 Å². The lowest BCUT2D eigenvalue weighted by Crippen LogP contribution is -2.22. The molecule has 0 unspecified atom stereocenters. The Morgan fingerprint density at radius 2 is 1.59 bits per heavy atom. The number of methoxy groups -OCH3 is 3. The number of hydrogen-bond donors (Lipinski definition) is 1. The Kier molecular flexibility index (Phi) is 7.05. The molecule has 0 atom stereocenters. The molecule has 1 amide bonds. The fourth-order valence-electron chi connectivity index (χ4n) is 2.42. The summed E-state index contributed by atoms with van der Waals surface area (Å²) < 4.78 is 20.7. The molecule has 7 heteroatoms. The topological polar surface area (TPSA) is 83.1 Å². The van der Waals surface area contributed by atoms with E-state index >= 15 is 0 Å². The van der Waals surface area contributed by atoms with E-state index in [0.717, 1.165) is 6.42 Å². The predicted octanol–water partition coefficient (Wildman–Crippen LogP) is 3.07. The van der Waals surface area contributed by atoms with Gasteiger partial charge in [-0.25, -0.2) is 4.79 Å². The van der Waals surface area contributed by atoms with Crippen LogP contribution in [0.5, 0.6) is 17.2 Å². The molecule has 0 aliphatic heterocycles. The van der Waals surface area contributed by atoms with Crippen molar-refractivity contribution in [2.24, 2.45) is 0 Å². The summed E-state index contributed by atoms with van der Waals surface area (Å²) >= 11 is 0. The molecule has 0 saturated carbocycles. The SMILES string of the molecule is CCc1ccc(OCC(=O)Nc2cc(OC)c(OC)cc2C(=O)OC)cc1. The quantitative estimate of drug-likeness (QED) is 0.716.